The Bertz CT molecular complexity index is 438. The van der Waals surface area contributed by atoms with Crippen LogP contribution in [0.5, 0.6) is 0 Å². The van der Waals surface area contributed by atoms with Crippen LogP contribution in [-0.4, -0.2) is 32.4 Å². The van der Waals surface area contributed by atoms with E-state index >= 15 is 0 Å². The van der Waals surface area contributed by atoms with E-state index in [1.165, 1.54) is 24.9 Å². The molecule has 0 spiro atoms. The Morgan fingerprint density at radius 1 is 1.19 bits per heavy atom. The lowest BCUT2D eigenvalue weighted by molar-refractivity contribution is 0.157. The highest BCUT2D eigenvalue weighted by Gasteiger charge is 2.38. The Labute approximate surface area is 131 Å². The third kappa shape index (κ3) is 4.41. The average Bonchev–Trinajstić information content (AvgIpc) is 2.84. The van der Waals surface area contributed by atoms with Crippen LogP contribution in [0.1, 0.15) is 39.2 Å². The van der Waals surface area contributed by atoms with Gasteiger partial charge in [0.15, 0.2) is 8.32 Å². The number of rotatable bonds is 5. The number of hydrogen-bond donors (Lipinski definition) is 0. The van der Waals surface area contributed by atoms with Gasteiger partial charge in [-0.05, 0) is 43.1 Å². The Morgan fingerprint density at radius 2 is 1.86 bits per heavy atom. The van der Waals surface area contributed by atoms with Gasteiger partial charge in [0.1, 0.15) is 0 Å². The number of hydrogen-bond acceptors (Lipinski definition) is 2. The summed E-state index contributed by atoms with van der Waals surface area (Å²) < 4.78 is 6.44. The third-order valence-corrected chi connectivity index (χ3v) is 9.67. The predicted octanol–water partition coefficient (Wildman–Crippen LogP) is 4.67. The highest BCUT2D eigenvalue weighted by atomic mass is 28.4. The van der Waals surface area contributed by atoms with Crippen molar-refractivity contribution < 1.29 is 4.43 Å². The minimum atomic E-state index is -1.62. The normalized spacial score (nSPS) is 20.9. The zero-order chi connectivity index (χ0) is 15.5. The van der Waals surface area contributed by atoms with Gasteiger partial charge in [-0.1, -0.05) is 51.1 Å². The number of nitrogens with zero attached hydrogens (tertiary/aromatic N) is 1. The molecule has 0 radical (unpaired) electrons. The van der Waals surface area contributed by atoms with Gasteiger partial charge >= 0.3 is 0 Å². The van der Waals surface area contributed by atoms with Crippen molar-refractivity contribution in [3.63, 3.8) is 0 Å². The Hall–Kier alpha value is -0.643. The lowest BCUT2D eigenvalue weighted by Crippen LogP contribution is -2.44. The molecule has 118 valence electrons. The van der Waals surface area contributed by atoms with Crippen molar-refractivity contribution in [3.05, 3.63) is 35.9 Å². The van der Waals surface area contributed by atoms with Gasteiger partial charge in [0.05, 0.1) is 0 Å². The van der Waals surface area contributed by atoms with Crippen molar-refractivity contribution in [2.75, 3.05) is 13.2 Å². The van der Waals surface area contributed by atoms with Gasteiger partial charge in [-0.15, -0.1) is 0 Å². The van der Waals surface area contributed by atoms with Crippen molar-refractivity contribution in [2.45, 2.75) is 64.3 Å². The molecule has 1 unspecified atom stereocenters. The molecular weight excluding hydrogens is 274 g/mol. The highest BCUT2D eigenvalue weighted by molar-refractivity contribution is 6.74. The lowest BCUT2D eigenvalue weighted by atomic mass is 10.2. The summed E-state index contributed by atoms with van der Waals surface area (Å²) in [7, 11) is -1.62. The van der Waals surface area contributed by atoms with Crippen LogP contribution in [-0.2, 0) is 11.0 Å². The molecule has 1 heterocycles. The summed E-state index contributed by atoms with van der Waals surface area (Å²) in [4.78, 5) is 2.60. The largest absolute Gasteiger partial charge is 0.415 e. The monoisotopic (exact) mass is 305 g/mol. The minimum Gasteiger partial charge on any atom is -0.415 e. The maximum absolute atomic E-state index is 6.44. The summed E-state index contributed by atoms with van der Waals surface area (Å²) in [6.45, 7) is 14.8. The van der Waals surface area contributed by atoms with Gasteiger partial charge in [-0.3, -0.25) is 4.90 Å². The van der Waals surface area contributed by atoms with Gasteiger partial charge < -0.3 is 4.43 Å². The summed E-state index contributed by atoms with van der Waals surface area (Å²) in [5.41, 5.74) is 1.41. The minimum absolute atomic E-state index is 0.301. The molecule has 21 heavy (non-hydrogen) atoms. The second-order valence-electron chi connectivity index (χ2n) is 7.82. The summed E-state index contributed by atoms with van der Waals surface area (Å²) in [5.74, 6) is 0. The van der Waals surface area contributed by atoms with Crippen LogP contribution >= 0.6 is 0 Å². The average molecular weight is 306 g/mol. The first-order valence-electron chi connectivity index (χ1n) is 8.21. The molecule has 3 heteroatoms. The molecule has 0 aliphatic carbocycles. The van der Waals surface area contributed by atoms with Gasteiger partial charge in [-0.25, -0.2) is 0 Å². The molecule has 0 aromatic heterocycles. The summed E-state index contributed by atoms with van der Waals surface area (Å²) >= 11 is 0. The van der Waals surface area contributed by atoms with E-state index in [0.717, 1.165) is 13.2 Å². The van der Waals surface area contributed by atoms with Crippen molar-refractivity contribution in [1.29, 1.82) is 0 Å². The van der Waals surface area contributed by atoms with Crippen molar-refractivity contribution >= 4 is 8.32 Å². The summed E-state index contributed by atoms with van der Waals surface area (Å²) in [5, 5.41) is 0.301. The summed E-state index contributed by atoms with van der Waals surface area (Å²) in [6, 6.07) is 11.4. The molecule has 0 N–H and O–H groups in total. The molecule has 0 bridgehead atoms. The fourth-order valence-corrected chi connectivity index (χ4v) is 3.67. The van der Waals surface area contributed by atoms with E-state index in [1.807, 2.05) is 0 Å². The van der Waals surface area contributed by atoms with Crippen molar-refractivity contribution in [1.82, 2.24) is 4.90 Å². The maximum atomic E-state index is 6.44. The van der Waals surface area contributed by atoms with Crippen LogP contribution < -0.4 is 0 Å². The van der Waals surface area contributed by atoms with Crippen LogP contribution in [0.2, 0.25) is 18.1 Å². The second-order valence-corrected chi connectivity index (χ2v) is 12.6. The first-order valence-corrected chi connectivity index (χ1v) is 11.1. The molecule has 1 aromatic carbocycles. The topological polar surface area (TPSA) is 12.5 Å². The first-order chi connectivity index (χ1) is 9.79. The first kappa shape index (κ1) is 16.7. The van der Waals surface area contributed by atoms with Crippen LogP contribution in [0.3, 0.4) is 0 Å². The van der Waals surface area contributed by atoms with E-state index in [9.17, 15) is 0 Å². The number of benzene rings is 1. The molecule has 0 saturated carbocycles. The van der Waals surface area contributed by atoms with Crippen LogP contribution in [0.4, 0.5) is 0 Å². The number of likely N-dealkylation sites (tertiary alicyclic amines) is 1. The van der Waals surface area contributed by atoms with Gasteiger partial charge in [0, 0.05) is 19.2 Å². The van der Waals surface area contributed by atoms with E-state index in [0.29, 0.717) is 11.1 Å². The van der Waals surface area contributed by atoms with Crippen molar-refractivity contribution in [2.24, 2.45) is 0 Å². The zero-order valence-electron chi connectivity index (χ0n) is 14.4. The molecule has 1 aromatic rings. The van der Waals surface area contributed by atoms with Crippen LogP contribution in [0.15, 0.2) is 30.3 Å². The van der Waals surface area contributed by atoms with Gasteiger partial charge in [-0.2, -0.15) is 0 Å². The van der Waals surface area contributed by atoms with E-state index in [-0.39, 0.29) is 0 Å². The Morgan fingerprint density at radius 3 is 2.48 bits per heavy atom. The Kier molecular flexibility index (Phi) is 5.28. The maximum Gasteiger partial charge on any atom is 0.192 e. The lowest BCUT2D eigenvalue weighted by Gasteiger charge is -2.38. The fraction of sp³-hybridized carbons (Fsp3) is 0.667. The Balaban J connectivity index is 1.91. The summed E-state index contributed by atoms with van der Waals surface area (Å²) in [6.07, 6.45) is 2.58. The third-order valence-electron chi connectivity index (χ3n) is 5.17. The smallest absolute Gasteiger partial charge is 0.192 e. The predicted molar refractivity (Wildman–Crippen MR) is 93.0 cm³/mol. The molecule has 1 saturated heterocycles. The van der Waals surface area contributed by atoms with Crippen molar-refractivity contribution in [3.8, 4) is 0 Å². The second kappa shape index (κ2) is 6.63. The molecule has 2 rings (SSSR count). The van der Waals surface area contributed by atoms with Crippen LogP contribution in [0.25, 0.3) is 0 Å². The SMILES string of the molecule is CC(C)(C)[Si](C)(C)OCC1CCCN1Cc1ccccc1. The molecule has 1 aliphatic rings. The quantitative estimate of drug-likeness (QED) is 0.733. The standard InChI is InChI=1S/C18H31NOSi/c1-18(2,3)21(4,5)20-15-17-12-9-13-19(17)14-16-10-7-6-8-11-16/h6-8,10-11,17H,9,12-15H2,1-5H3. The molecule has 1 aliphatic heterocycles. The molecule has 1 fully saturated rings. The van der Waals surface area contributed by atoms with E-state index in [2.05, 4.69) is 69.1 Å². The molecule has 0 amide bonds. The van der Waals surface area contributed by atoms with Gasteiger partial charge in [0.25, 0.3) is 0 Å². The molecule has 1 atom stereocenters. The van der Waals surface area contributed by atoms with E-state index in [4.69, 9.17) is 4.43 Å². The van der Waals surface area contributed by atoms with Crippen LogP contribution in [0, 0.1) is 0 Å². The van der Waals surface area contributed by atoms with E-state index < -0.39 is 8.32 Å². The van der Waals surface area contributed by atoms with E-state index in [1.54, 1.807) is 0 Å². The van der Waals surface area contributed by atoms with Gasteiger partial charge in [0.2, 0.25) is 0 Å². The zero-order valence-corrected chi connectivity index (χ0v) is 15.4. The molecular formula is C18H31NOSi. The fourth-order valence-electron chi connectivity index (χ4n) is 2.63. The highest BCUT2D eigenvalue weighted by Crippen LogP contribution is 2.37. The molecule has 2 nitrogen and oxygen atoms in total.